The molecule has 1 unspecified atom stereocenters. The molecule has 1 atom stereocenters. The molecule has 7 nitrogen and oxygen atoms in total. The van der Waals surface area contributed by atoms with E-state index in [2.05, 4.69) is 26.1 Å². The number of H-pyrrole nitrogens is 1. The van der Waals surface area contributed by atoms with Gasteiger partial charge in [0.05, 0.1) is 17.5 Å². The average Bonchev–Trinajstić information content (AvgIpc) is 3.32. The minimum atomic E-state index is -0.294. The highest BCUT2D eigenvalue weighted by Crippen LogP contribution is 2.34. The molecule has 4 N–H and O–H groups in total. The van der Waals surface area contributed by atoms with Crippen molar-refractivity contribution in [1.82, 2.24) is 15.7 Å². The van der Waals surface area contributed by atoms with Crippen molar-refractivity contribution in [2.24, 2.45) is 5.10 Å². The second-order valence-corrected chi connectivity index (χ2v) is 7.47. The van der Waals surface area contributed by atoms with E-state index in [-0.39, 0.29) is 17.9 Å². The van der Waals surface area contributed by atoms with Gasteiger partial charge < -0.3 is 15.6 Å². The van der Waals surface area contributed by atoms with Crippen molar-refractivity contribution < 1.29 is 9.59 Å². The lowest BCUT2D eigenvalue weighted by Crippen LogP contribution is -2.27. The van der Waals surface area contributed by atoms with E-state index in [0.29, 0.717) is 17.7 Å². The van der Waals surface area contributed by atoms with E-state index in [1.165, 1.54) is 0 Å². The van der Waals surface area contributed by atoms with Crippen molar-refractivity contribution in [3.63, 3.8) is 0 Å². The highest BCUT2D eigenvalue weighted by Gasteiger charge is 2.23. The van der Waals surface area contributed by atoms with Crippen LogP contribution in [0.3, 0.4) is 0 Å². The minimum absolute atomic E-state index is 0.0590. The van der Waals surface area contributed by atoms with Crippen molar-refractivity contribution in [3.8, 4) is 11.3 Å². The second kappa shape index (κ2) is 7.18. The minimum Gasteiger partial charge on any atom is -0.354 e. The molecule has 2 aliphatic rings. The highest BCUT2D eigenvalue weighted by atomic mass is 16.2. The Balaban J connectivity index is 1.56. The van der Waals surface area contributed by atoms with Gasteiger partial charge in [-0.25, -0.2) is 5.43 Å². The Morgan fingerprint density at radius 1 is 1.21 bits per heavy atom. The number of benzene rings is 2. The average molecular weight is 387 g/mol. The quantitative estimate of drug-likeness (QED) is 0.554. The summed E-state index contributed by atoms with van der Waals surface area (Å²) in [5, 5.41) is 11.2. The number of nitrogens with one attached hydrogen (secondary N) is 4. The molecule has 0 radical (unpaired) electrons. The molecule has 2 aromatic carbocycles. The van der Waals surface area contributed by atoms with Crippen LogP contribution in [0.2, 0.25) is 0 Å². The fourth-order valence-electron chi connectivity index (χ4n) is 4.15. The van der Waals surface area contributed by atoms with E-state index in [9.17, 15) is 9.59 Å². The highest BCUT2D eigenvalue weighted by molar-refractivity contribution is 6.18. The SMILES string of the molecule is O=C(CC1CCCN1)Nc1cc2c3c(c(-c4ccccc4)[nH]c3c1)C=NNC2=O. The molecule has 146 valence electrons. The van der Waals surface area contributed by atoms with E-state index in [4.69, 9.17) is 0 Å². The molecule has 5 rings (SSSR count). The first kappa shape index (κ1) is 17.6. The van der Waals surface area contributed by atoms with Crippen LogP contribution in [0.15, 0.2) is 47.6 Å². The maximum atomic E-state index is 12.6. The molecule has 0 bridgehead atoms. The normalized spacial score (nSPS) is 17.9. The number of rotatable bonds is 4. The zero-order valence-corrected chi connectivity index (χ0v) is 15.8. The van der Waals surface area contributed by atoms with Crippen LogP contribution in [0.1, 0.15) is 35.2 Å². The van der Waals surface area contributed by atoms with Crippen LogP contribution in [0.25, 0.3) is 22.2 Å². The van der Waals surface area contributed by atoms with Gasteiger partial charge in [-0.05, 0) is 37.1 Å². The van der Waals surface area contributed by atoms with Crippen LogP contribution in [-0.4, -0.2) is 35.6 Å². The number of hydrogen-bond donors (Lipinski definition) is 4. The summed E-state index contributed by atoms with van der Waals surface area (Å²) in [5.74, 6) is -0.353. The fraction of sp³-hybridized carbons (Fsp3) is 0.227. The van der Waals surface area contributed by atoms with Gasteiger partial charge in [-0.2, -0.15) is 5.10 Å². The zero-order valence-electron chi connectivity index (χ0n) is 15.8. The van der Waals surface area contributed by atoms with Crippen LogP contribution in [-0.2, 0) is 4.79 Å². The summed E-state index contributed by atoms with van der Waals surface area (Å²) in [5.41, 5.74) is 7.17. The first-order valence-electron chi connectivity index (χ1n) is 9.81. The number of aromatic amines is 1. The summed E-state index contributed by atoms with van der Waals surface area (Å²) in [7, 11) is 0. The summed E-state index contributed by atoms with van der Waals surface area (Å²) in [4.78, 5) is 28.5. The van der Waals surface area contributed by atoms with Gasteiger partial charge in [0.2, 0.25) is 5.91 Å². The van der Waals surface area contributed by atoms with Gasteiger partial charge >= 0.3 is 0 Å². The zero-order chi connectivity index (χ0) is 19.8. The molecule has 3 heterocycles. The lowest BCUT2D eigenvalue weighted by Gasteiger charge is -2.11. The number of anilines is 1. The monoisotopic (exact) mass is 387 g/mol. The standard InChI is InChI=1S/C22H21N5O2/c28-19(11-14-7-4-8-23-14)25-15-9-16-20-17(12-24-27-22(16)29)21(26-18(20)10-15)13-5-2-1-3-6-13/h1-3,5-6,9-10,12,14,23,26H,4,7-8,11H2,(H,25,28)(H,27,29). The maximum absolute atomic E-state index is 12.6. The largest absolute Gasteiger partial charge is 0.354 e. The molecule has 1 aromatic heterocycles. The maximum Gasteiger partial charge on any atom is 0.272 e. The molecule has 0 aliphatic carbocycles. The lowest BCUT2D eigenvalue weighted by atomic mass is 10.0. The number of amides is 2. The molecular weight excluding hydrogens is 366 g/mol. The molecule has 2 aliphatic heterocycles. The Bertz CT molecular complexity index is 1130. The van der Waals surface area contributed by atoms with Crippen molar-refractivity contribution in [1.29, 1.82) is 0 Å². The Kier molecular flexibility index (Phi) is 4.37. The van der Waals surface area contributed by atoms with E-state index in [1.54, 1.807) is 12.3 Å². The van der Waals surface area contributed by atoms with Crippen LogP contribution < -0.4 is 16.1 Å². The molecule has 1 saturated heterocycles. The number of carbonyl (C=O) groups excluding carboxylic acids is 2. The third-order valence-corrected chi connectivity index (χ3v) is 5.48. The first-order valence-corrected chi connectivity index (χ1v) is 9.81. The van der Waals surface area contributed by atoms with Gasteiger partial charge in [0.1, 0.15) is 0 Å². The Morgan fingerprint density at radius 2 is 2.07 bits per heavy atom. The van der Waals surface area contributed by atoms with Crippen molar-refractivity contribution in [3.05, 3.63) is 53.6 Å². The number of hydrazone groups is 1. The second-order valence-electron chi connectivity index (χ2n) is 7.47. The molecular formula is C22H21N5O2. The molecule has 0 spiro atoms. The van der Waals surface area contributed by atoms with Gasteiger partial charge in [-0.3, -0.25) is 9.59 Å². The number of hydrogen-bond acceptors (Lipinski definition) is 4. The number of nitrogens with zero attached hydrogens (tertiary/aromatic N) is 1. The smallest absolute Gasteiger partial charge is 0.272 e. The van der Waals surface area contributed by atoms with E-state index < -0.39 is 0 Å². The van der Waals surface area contributed by atoms with Crippen molar-refractivity contribution in [2.45, 2.75) is 25.3 Å². The lowest BCUT2D eigenvalue weighted by molar-refractivity contribution is -0.116. The van der Waals surface area contributed by atoms with Gasteiger partial charge in [0, 0.05) is 34.6 Å². The van der Waals surface area contributed by atoms with Crippen LogP contribution in [0.5, 0.6) is 0 Å². The van der Waals surface area contributed by atoms with Crippen LogP contribution in [0, 0.1) is 0 Å². The molecule has 0 saturated carbocycles. The van der Waals surface area contributed by atoms with E-state index >= 15 is 0 Å². The number of aromatic nitrogens is 1. The third-order valence-electron chi connectivity index (χ3n) is 5.48. The van der Waals surface area contributed by atoms with Crippen LogP contribution in [0.4, 0.5) is 5.69 Å². The van der Waals surface area contributed by atoms with E-state index in [0.717, 1.165) is 47.1 Å². The predicted octanol–water partition coefficient (Wildman–Crippen LogP) is 2.99. The molecule has 3 aromatic rings. The predicted molar refractivity (Wildman–Crippen MR) is 113 cm³/mol. The van der Waals surface area contributed by atoms with Crippen molar-refractivity contribution in [2.75, 3.05) is 11.9 Å². The summed E-state index contributed by atoms with van der Waals surface area (Å²) in [6.07, 6.45) is 4.20. The molecule has 7 heteroatoms. The molecule has 1 fully saturated rings. The third kappa shape index (κ3) is 3.30. The summed E-state index contributed by atoms with van der Waals surface area (Å²) >= 11 is 0. The summed E-state index contributed by atoms with van der Waals surface area (Å²) in [6.45, 7) is 0.960. The topological polar surface area (TPSA) is 98.4 Å². The first-order chi connectivity index (χ1) is 14.2. The van der Waals surface area contributed by atoms with E-state index in [1.807, 2.05) is 36.4 Å². The Hall–Kier alpha value is -3.45. The number of carbonyl (C=O) groups is 2. The van der Waals surface area contributed by atoms with Gasteiger partial charge in [-0.15, -0.1) is 0 Å². The Morgan fingerprint density at radius 3 is 2.86 bits per heavy atom. The summed E-state index contributed by atoms with van der Waals surface area (Å²) < 4.78 is 0. The fourth-order valence-corrected chi connectivity index (χ4v) is 4.15. The molecule has 2 amide bonds. The van der Waals surface area contributed by atoms with Crippen molar-refractivity contribution >= 4 is 34.6 Å². The van der Waals surface area contributed by atoms with Gasteiger partial charge in [0.15, 0.2) is 0 Å². The summed E-state index contributed by atoms with van der Waals surface area (Å²) in [6, 6.07) is 13.7. The van der Waals surface area contributed by atoms with Crippen LogP contribution >= 0.6 is 0 Å². The molecule has 29 heavy (non-hydrogen) atoms. The van der Waals surface area contributed by atoms with Gasteiger partial charge in [0.25, 0.3) is 5.91 Å². The Labute approximate surface area is 167 Å². The van der Waals surface area contributed by atoms with Gasteiger partial charge in [-0.1, -0.05) is 30.3 Å².